The summed E-state index contributed by atoms with van der Waals surface area (Å²) in [6, 6.07) is 8.01. The van der Waals surface area contributed by atoms with E-state index in [-0.39, 0.29) is 34.1 Å². The molecule has 0 saturated heterocycles. The van der Waals surface area contributed by atoms with Crippen molar-refractivity contribution in [2.45, 2.75) is 6.10 Å². The molecule has 0 amide bonds. The molecule has 0 saturated carbocycles. The average Bonchev–Trinajstić information content (AvgIpc) is 2.84. The van der Waals surface area contributed by atoms with Gasteiger partial charge in [-0.3, -0.25) is 0 Å². The van der Waals surface area contributed by atoms with Crippen molar-refractivity contribution < 1.29 is 43.2 Å². The molecule has 0 fully saturated rings. The maximum atomic E-state index is 11.7. The number of rotatable bonds is 10. The fourth-order valence-electron chi connectivity index (χ4n) is 2.51. The Bertz CT molecular complexity index is 1090. The standard InChI is InChI=1S/C25H20O9/c1-5-21(26)31-17-11-9-15(13-19(17)33-23(28)7-3)25(30)16-10-12-18(32-22(27)6-2)20(14-16)34-24(29)8-4/h5-14,25,30H,1-4H2. The molecular weight excluding hydrogens is 444 g/mol. The first-order chi connectivity index (χ1) is 16.2. The number of carbonyl (C=O) groups is 4. The van der Waals surface area contributed by atoms with E-state index in [2.05, 4.69) is 26.3 Å². The molecule has 2 aromatic rings. The molecule has 0 bridgehead atoms. The molecule has 0 aliphatic carbocycles. The number of aliphatic hydroxyl groups is 1. The number of aliphatic hydroxyl groups excluding tert-OH is 1. The van der Waals surface area contributed by atoms with Crippen molar-refractivity contribution in [1.29, 1.82) is 0 Å². The number of ether oxygens (including phenoxy) is 4. The lowest BCUT2D eigenvalue weighted by molar-refractivity contribution is -0.131. The fraction of sp³-hybridized carbons (Fsp3) is 0.0400. The van der Waals surface area contributed by atoms with Crippen molar-refractivity contribution in [3.8, 4) is 23.0 Å². The third-order valence-corrected chi connectivity index (χ3v) is 4.08. The topological polar surface area (TPSA) is 125 Å². The second-order valence-corrected chi connectivity index (χ2v) is 6.32. The smallest absolute Gasteiger partial charge is 0.335 e. The van der Waals surface area contributed by atoms with Gasteiger partial charge in [0.15, 0.2) is 23.0 Å². The Labute approximate surface area is 194 Å². The molecule has 2 aromatic carbocycles. The average molecular weight is 464 g/mol. The van der Waals surface area contributed by atoms with Gasteiger partial charge in [-0.1, -0.05) is 38.4 Å². The van der Waals surface area contributed by atoms with E-state index < -0.39 is 30.0 Å². The number of carbonyl (C=O) groups excluding carboxylic acids is 4. The Morgan fingerprint density at radius 2 is 0.882 bits per heavy atom. The number of esters is 4. The van der Waals surface area contributed by atoms with Gasteiger partial charge in [-0.25, -0.2) is 19.2 Å². The second-order valence-electron chi connectivity index (χ2n) is 6.32. The zero-order chi connectivity index (χ0) is 25.3. The molecule has 2 rings (SSSR count). The normalized spacial score (nSPS) is 9.94. The van der Waals surface area contributed by atoms with Crippen LogP contribution >= 0.6 is 0 Å². The molecule has 9 heteroatoms. The van der Waals surface area contributed by atoms with Gasteiger partial charge < -0.3 is 24.1 Å². The van der Waals surface area contributed by atoms with E-state index in [1.165, 1.54) is 36.4 Å². The summed E-state index contributed by atoms with van der Waals surface area (Å²) in [4.78, 5) is 46.5. The Kier molecular flexibility index (Phi) is 8.81. The highest BCUT2D eigenvalue weighted by atomic mass is 16.6. The van der Waals surface area contributed by atoms with Gasteiger partial charge in [0.2, 0.25) is 0 Å². The Morgan fingerprint density at radius 3 is 1.18 bits per heavy atom. The molecular formula is C25H20O9. The van der Waals surface area contributed by atoms with Crippen LogP contribution in [-0.2, 0) is 19.2 Å². The van der Waals surface area contributed by atoms with E-state index in [0.717, 1.165) is 24.3 Å². The molecule has 0 aliphatic rings. The van der Waals surface area contributed by atoms with Crippen LogP contribution in [0, 0.1) is 0 Å². The molecule has 0 atom stereocenters. The van der Waals surface area contributed by atoms with Crippen molar-refractivity contribution in [2.24, 2.45) is 0 Å². The van der Waals surface area contributed by atoms with Gasteiger partial charge in [0.05, 0.1) is 0 Å². The van der Waals surface area contributed by atoms with Crippen LogP contribution in [0.1, 0.15) is 17.2 Å². The third-order valence-electron chi connectivity index (χ3n) is 4.08. The predicted molar refractivity (Wildman–Crippen MR) is 120 cm³/mol. The van der Waals surface area contributed by atoms with Crippen LogP contribution in [0.3, 0.4) is 0 Å². The highest BCUT2D eigenvalue weighted by Gasteiger charge is 2.20. The number of hydrogen-bond donors (Lipinski definition) is 1. The van der Waals surface area contributed by atoms with E-state index >= 15 is 0 Å². The molecule has 0 aliphatic heterocycles. The molecule has 0 heterocycles. The van der Waals surface area contributed by atoms with Crippen molar-refractivity contribution in [3.63, 3.8) is 0 Å². The van der Waals surface area contributed by atoms with E-state index in [1.807, 2.05) is 0 Å². The van der Waals surface area contributed by atoms with E-state index in [9.17, 15) is 24.3 Å². The van der Waals surface area contributed by atoms with Gasteiger partial charge >= 0.3 is 23.9 Å². The van der Waals surface area contributed by atoms with Crippen LogP contribution in [-0.4, -0.2) is 29.0 Å². The third kappa shape index (κ3) is 6.62. The Hall–Kier alpha value is -4.76. The summed E-state index contributed by atoms with van der Waals surface area (Å²) in [6.45, 7) is 13.2. The molecule has 0 spiro atoms. The fourth-order valence-corrected chi connectivity index (χ4v) is 2.51. The quantitative estimate of drug-likeness (QED) is 0.321. The van der Waals surface area contributed by atoms with Gasteiger partial charge in [0.1, 0.15) is 6.10 Å². The summed E-state index contributed by atoms with van der Waals surface area (Å²) < 4.78 is 20.3. The molecule has 0 aromatic heterocycles. The second kappa shape index (κ2) is 11.7. The monoisotopic (exact) mass is 464 g/mol. The first-order valence-corrected chi connectivity index (χ1v) is 9.55. The molecule has 1 N–H and O–H groups in total. The summed E-state index contributed by atoms with van der Waals surface area (Å²) in [7, 11) is 0. The van der Waals surface area contributed by atoms with Crippen LogP contribution in [0.4, 0.5) is 0 Å². The lowest BCUT2D eigenvalue weighted by Gasteiger charge is -2.17. The van der Waals surface area contributed by atoms with E-state index in [0.29, 0.717) is 0 Å². The lowest BCUT2D eigenvalue weighted by atomic mass is 10.0. The number of hydrogen-bond acceptors (Lipinski definition) is 9. The SMILES string of the molecule is C=CC(=O)Oc1ccc(C(O)c2ccc(OC(=O)C=C)c(OC(=O)C=C)c2)cc1OC(=O)C=C. The molecule has 0 radical (unpaired) electrons. The Balaban J connectivity index is 2.48. The van der Waals surface area contributed by atoms with Crippen LogP contribution in [0.25, 0.3) is 0 Å². The summed E-state index contributed by atoms with van der Waals surface area (Å²) >= 11 is 0. The predicted octanol–water partition coefficient (Wildman–Crippen LogP) is 3.13. The van der Waals surface area contributed by atoms with Crippen LogP contribution in [0.5, 0.6) is 23.0 Å². The number of benzene rings is 2. The minimum atomic E-state index is -1.32. The molecule has 174 valence electrons. The first kappa shape index (κ1) is 25.5. The minimum Gasteiger partial charge on any atom is -0.419 e. The largest absolute Gasteiger partial charge is 0.419 e. The van der Waals surface area contributed by atoms with Gasteiger partial charge in [0, 0.05) is 24.3 Å². The molecule has 0 unspecified atom stereocenters. The van der Waals surface area contributed by atoms with Crippen molar-refractivity contribution in [2.75, 3.05) is 0 Å². The van der Waals surface area contributed by atoms with Crippen molar-refractivity contribution in [1.82, 2.24) is 0 Å². The van der Waals surface area contributed by atoms with Gasteiger partial charge in [0.25, 0.3) is 0 Å². The van der Waals surface area contributed by atoms with Crippen LogP contribution < -0.4 is 18.9 Å². The highest BCUT2D eigenvalue weighted by Crippen LogP contribution is 2.36. The first-order valence-electron chi connectivity index (χ1n) is 9.55. The molecule has 34 heavy (non-hydrogen) atoms. The maximum Gasteiger partial charge on any atom is 0.335 e. The van der Waals surface area contributed by atoms with Crippen molar-refractivity contribution in [3.05, 3.63) is 98.1 Å². The summed E-state index contributed by atoms with van der Waals surface area (Å²) in [5.74, 6) is -3.74. The van der Waals surface area contributed by atoms with Gasteiger partial charge in [-0.05, 0) is 35.4 Å². The van der Waals surface area contributed by atoms with Crippen LogP contribution in [0.2, 0.25) is 0 Å². The van der Waals surface area contributed by atoms with Crippen molar-refractivity contribution >= 4 is 23.9 Å². The van der Waals surface area contributed by atoms with E-state index in [4.69, 9.17) is 18.9 Å². The molecule has 9 nitrogen and oxygen atoms in total. The maximum absolute atomic E-state index is 11.7. The summed E-state index contributed by atoms with van der Waals surface area (Å²) in [6.07, 6.45) is 2.34. The van der Waals surface area contributed by atoms with Gasteiger partial charge in [-0.2, -0.15) is 0 Å². The van der Waals surface area contributed by atoms with E-state index in [1.54, 1.807) is 0 Å². The summed E-state index contributed by atoms with van der Waals surface area (Å²) in [5.41, 5.74) is 0.448. The van der Waals surface area contributed by atoms with Crippen LogP contribution in [0.15, 0.2) is 87.0 Å². The van der Waals surface area contributed by atoms with Gasteiger partial charge in [-0.15, -0.1) is 0 Å². The zero-order valence-corrected chi connectivity index (χ0v) is 17.9. The lowest BCUT2D eigenvalue weighted by Crippen LogP contribution is -2.11. The Morgan fingerprint density at radius 1 is 0.588 bits per heavy atom. The zero-order valence-electron chi connectivity index (χ0n) is 17.9. The summed E-state index contributed by atoms with van der Waals surface area (Å²) in [5, 5.41) is 10.9. The highest BCUT2D eigenvalue weighted by molar-refractivity contribution is 5.87. The minimum absolute atomic E-state index is 0.0941.